The number of aliphatic carboxylic acids is 1. The standard InChI is InChI=1S/C32H30N2O7/c35-28(40-17-20-8-2-1-3-9-20)14-27(29(36)34-16-21-15-32(21,19-34)30(37)38)33-31(39)41-18-26-24-12-6-4-10-22(24)23-11-5-7-13-25(23)26/h1-13,21,26-27H,14-19H2,(H,33,39)(H,37,38)/t21?,27-,32?/m0/s1. The molecule has 6 rings (SSSR count). The predicted octanol–water partition coefficient (Wildman–Crippen LogP) is 3.96. The van der Waals surface area contributed by atoms with E-state index in [1.807, 2.05) is 78.9 Å². The normalized spacial score (nSPS) is 20.8. The number of rotatable bonds is 9. The lowest BCUT2D eigenvalue weighted by atomic mass is 9.98. The zero-order valence-electron chi connectivity index (χ0n) is 22.3. The maximum Gasteiger partial charge on any atom is 0.407 e. The van der Waals surface area contributed by atoms with Crippen molar-refractivity contribution in [3.05, 3.63) is 95.6 Å². The van der Waals surface area contributed by atoms with Gasteiger partial charge in [-0.3, -0.25) is 14.4 Å². The van der Waals surface area contributed by atoms with Gasteiger partial charge in [0.25, 0.3) is 0 Å². The van der Waals surface area contributed by atoms with Crippen LogP contribution in [0.15, 0.2) is 78.9 Å². The lowest BCUT2D eigenvalue weighted by Gasteiger charge is -2.26. The van der Waals surface area contributed by atoms with Gasteiger partial charge in [-0.2, -0.15) is 0 Å². The number of carbonyl (C=O) groups is 4. The van der Waals surface area contributed by atoms with E-state index in [1.165, 1.54) is 4.90 Å². The first kappa shape index (κ1) is 26.6. The van der Waals surface area contributed by atoms with Gasteiger partial charge in [0, 0.05) is 19.0 Å². The van der Waals surface area contributed by atoms with Gasteiger partial charge in [-0.05, 0) is 40.2 Å². The first-order chi connectivity index (χ1) is 19.9. The van der Waals surface area contributed by atoms with Crippen LogP contribution in [0.2, 0.25) is 0 Å². The lowest BCUT2D eigenvalue weighted by Crippen LogP contribution is -2.50. The van der Waals surface area contributed by atoms with Crippen LogP contribution in [0.5, 0.6) is 0 Å². The van der Waals surface area contributed by atoms with E-state index in [4.69, 9.17) is 9.47 Å². The molecule has 2 aliphatic carbocycles. The second-order valence-electron chi connectivity index (χ2n) is 11.0. The molecule has 9 nitrogen and oxygen atoms in total. The van der Waals surface area contributed by atoms with Crippen LogP contribution >= 0.6 is 0 Å². The van der Waals surface area contributed by atoms with E-state index in [-0.39, 0.29) is 38.1 Å². The number of alkyl carbamates (subject to hydrolysis) is 1. The average molecular weight is 555 g/mol. The summed E-state index contributed by atoms with van der Waals surface area (Å²) in [5, 5.41) is 12.2. The first-order valence-corrected chi connectivity index (χ1v) is 13.7. The largest absolute Gasteiger partial charge is 0.481 e. The molecule has 3 aliphatic rings. The average Bonchev–Trinajstić information content (AvgIpc) is 3.41. The fourth-order valence-electron chi connectivity index (χ4n) is 6.15. The Morgan fingerprint density at radius 2 is 1.54 bits per heavy atom. The van der Waals surface area contributed by atoms with Crippen LogP contribution in [0.3, 0.4) is 0 Å². The minimum absolute atomic E-state index is 0.0272. The number of likely N-dealkylation sites (tertiary alicyclic amines) is 1. The van der Waals surface area contributed by atoms with Crippen molar-refractivity contribution in [2.75, 3.05) is 19.7 Å². The molecule has 9 heteroatoms. The minimum atomic E-state index is -1.25. The van der Waals surface area contributed by atoms with Gasteiger partial charge < -0.3 is 24.8 Å². The third kappa shape index (κ3) is 5.15. The smallest absolute Gasteiger partial charge is 0.407 e. The number of nitrogens with zero attached hydrogens (tertiary/aromatic N) is 1. The minimum Gasteiger partial charge on any atom is -0.481 e. The molecule has 41 heavy (non-hydrogen) atoms. The molecule has 1 saturated heterocycles. The summed E-state index contributed by atoms with van der Waals surface area (Å²) >= 11 is 0. The summed E-state index contributed by atoms with van der Waals surface area (Å²) < 4.78 is 11.0. The van der Waals surface area contributed by atoms with Gasteiger partial charge in [-0.15, -0.1) is 0 Å². The Balaban J connectivity index is 1.13. The highest BCUT2D eigenvalue weighted by Gasteiger charge is 2.66. The summed E-state index contributed by atoms with van der Waals surface area (Å²) in [5.74, 6) is -2.41. The maximum atomic E-state index is 13.5. The van der Waals surface area contributed by atoms with E-state index < -0.39 is 41.8 Å². The monoisotopic (exact) mass is 554 g/mol. The molecular weight excluding hydrogens is 524 g/mol. The van der Waals surface area contributed by atoms with Crippen molar-refractivity contribution in [3.63, 3.8) is 0 Å². The van der Waals surface area contributed by atoms with Crippen LogP contribution in [-0.2, 0) is 30.5 Å². The van der Waals surface area contributed by atoms with E-state index in [0.717, 1.165) is 27.8 Å². The molecule has 0 aromatic heterocycles. The lowest BCUT2D eigenvalue weighted by molar-refractivity contribution is -0.149. The molecule has 0 radical (unpaired) electrons. The van der Waals surface area contributed by atoms with Crippen LogP contribution in [0.4, 0.5) is 4.79 Å². The molecule has 2 fully saturated rings. The third-order valence-electron chi connectivity index (χ3n) is 8.43. The van der Waals surface area contributed by atoms with Crippen molar-refractivity contribution in [1.82, 2.24) is 10.2 Å². The van der Waals surface area contributed by atoms with Gasteiger partial charge in [-0.25, -0.2) is 4.79 Å². The fourth-order valence-corrected chi connectivity index (χ4v) is 6.15. The number of benzene rings is 3. The number of hydrogen-bond donors (Lipinski definition) is 2. The van der Waals surface area contributed by atoms with Gasteiger partial charge in [0.2, 0.25) is 5.91 Å². The van der Waals surface area contributed by atoms with Gasteiger partial charge in [-0.1, -0.05) is 78.9 Å². The maximum absolute atomic E-state index is 13.5. The van der Waals surface area contributed by atoms with Crippen molar-refractivity contribution in [2.24, 2.45) is 11.3 Å². The molecule has 3 aromatic rings. The molecule has 2 amide bonds. The Morgan fingerprint density at radius 3 is 2.17 bits per heavy atom. The second-order valence-corrected chi connectivity index (χ2v) is 11.0. The number of nitrogens with one attached hydrogen (secondary N) is 1. The summed E-state index contributed by atoms with van der Waals surface area (Å²) in [6.45, 7) is 0.396. The highest BCUT2D eigenvalue weighted by atomic mass is 16.5. The zero-order chi connectivity index (χ0) is 28.6. The Bertz CT molecular complexity index is 1460. The van der Waals surface area contributed by atoms with Crippen molar-refractivity contribution in [3.8, 4) is 11.1 Å². The number of ether oxygens (including phenoxy) is 2. The van der Waals surface area contributed by atoms with Crippen LogP contribution in [0.25, 0.3) is 11.1 Å². The topological polar surface area (TPSA) is 122 Å². The van der Waals surface area contributed by atoms with Gasteiger partial charge >= 0.3 is 18.0 Å². The van der Waals surface area contributed by atoms with E-state index >= 15 is 0 Å². The highest BCUT2D eigenvalue weighted by Crippen LogP contribution is 2.58. The van der Waals surface area contributed by atoms with Gasteiger partial charge in [0.15, 0.2) is 0 Å². The number of carboxylic acids is 1. The quantitative estimate of drug-likeness (QED) is 0.384. The van der Waals surface area contributed by atoms with Crippen LogP contribution in [0, 0.1) is 11.3 Å². The molecule has 2 unspecified atom stereocenters. The molecule has 0 bridgehead atoms. The second kappa shape index (κ2) is 10.7. The van der Waals surface area contributed by atoms with Crippen molar-refractivity contribution in [2.45, 2.75) is 31.4 Å². The molecule has 210 valence electrons. The zero-order valence-corrected chi connectivity index (χ0v) is 22.3. The molecular formula is C32H30N2O7. The Morgan fingerprint density at radius 1 is 0.902 bits per heavy atom. The molecule has 1 saturated carbocycles. The number of fused-ring (bicyclic) bond motifs is 4. The molecule has 1 aliphatic heterocycles. The summed E-state index contributed by atoms with van der Waals surface area (Å²) in [5.41, 5.74) is 4.13. The first-order valence-electron chi connectivity index (χ1n) is 13.7. The highest BCUT2D eigenvalue weighted by molar-refractivity contribution is 5.91. The Kier molecular flexibility index (Phi) is 6.95. The Labute approximate surface area is 237 Å². The van der Waals surface area contributed by atoms with Crippen molar-refractivity contribution in [1.29, 1.82) is 0 Å². The molecule has 0 spiro atoms. The number of piperidine rings is 1. The molecule has 3 atom stereocenters. The van der Waals surface area contributed by atoms with Gasteiger partial charge in [0.05, 0.1) is 11.8 Å². The summed E-state index contributed by atoms with van der Waals surface area (Å²) in [6.07, 6.45) is -0.717. The van der Waals surface area contributed by atoms with Gasteiger partial charge in [0.1, 0.15) is 19.3 Å². The van der Waals surface area contributed by atoms with E-state index in [9.17, 15) is 24.3 Å². The SMILES string of the molecule is O=C(C[C@H](NC(=O)OCC1c2ccccc2-c2ccccc21)C(=O)N1CC2CC2(C(=O)O)C1)OCc1ccccc1. The fraction of sp³-hybridized carbons (Fsp3) is 0.312. The number of hydrogen-bond acceptors (Lipinski definition) is 6. The number of carbonyl (C=O) groups excluding carboxylic acids is 3. The summed E-state index contributed by atoms with van der Waals surface area (Å²) in [7, 11) is 0. The molecule has 3 aromatic carbocycles. The Hall–Kier alpha value is -4.66. The van der Waals surface area contributed by atoms with E-state index in [0.29, 0.717) is 6.42 Å². The van der Waals surface area contributed by atoms with Crippen molar-refractivity contribution < 1.29 is 33.8 Å². The molecule has 2 N–H and O–H groups in total. The van der Waals surface area contributed by atoms with Crippen LogP contribution in [-0.4, -0.2) is 59.7 Å². The molecule has 1 heterocycles. The van der Waals surface area contributed by atoms with Crippen molar-refractivity contribution >= 4 is 23.9 Å². The number of carboxylic acid groups (broad SMARTS) is 1. The van der Waals surface area contributed by atoms with E-state index in [1.54, 1.807) is 0 Å². The van der Waals surface area contributed by atoms with Crippen LogP contribution < -0.4 is 5.32 Å². The van der Waals surface area contributed by atoms with E-state index in [2.05, 4.69) is 5.32 Å². The summed E-state index contributed by atoms with van der Waals surface area (Å²) in [4.78, 5) is 52.4. The predicted molar refractivity (Wildman–Crippen MR) is 148 cm³/mol. The third-order valence-corrected chi connectivity index (χ3v) is 8.43. The summed E-state index contributed by atoms with van der Waals surface area (Å²) in [6, 6.07) is 23.8. The number of esters is 1. The number of amides is 2. The van der Waals surface area contributed by atoms with Crippen LogP contribution in [0.1, 0.15) is 35.4 Å².